The van der Waals surface area contributed by atoms with Crippen LogP contribution < -0.4 is 0 Å². The molecule has 4 aliphatic heterocycles. The van der Waals surface area contributed by atoms with Crippen LogP contribution in [0.1, 0.15) is 90.0 Å². The fraction of sp³-hybridized carbons (Fsp3) is 0.740. The van der Waals surface area contributed by atoms with Crippen LogP contribution in [0.15, 0.2) is 0 Å². The largest absolute Gasteiger partial charge is 0.463 e. The minimum Gasteiger partial charge on any atom is -0.463 e. The molecule has 0 N–H and O–H groups in total. The molecule has 8 unspecified atom stereocenters. The van der Waals surface area contributed by atoms with E-state index in [1.54, 1.807) is 0 Å². The molecule has 0 saturated carbocycles. The quantitative estimate of drug-likeness (QED) is 0.0678. The standard InChI is InChI=1S/C50H67BrO33/c1-18(52)65-15-32-36(68-21(4)55)40(70-23(6)57)45(75-28(11)62)50(80-32)84-38-34(17-67-20(3)54)81-49(46(76-29(12)63)42(38)72-25(8)59)82-35-31(14-51)78-48(44(74-27(10)61)39(35)69-22(5)56)83-37-33(16-66-19(2)53)79-47(77-30(13)64)43(73-26(9)60)41(37)71-24(7)58/h31-50H,14-17H2,1-13H3/t31?,32?,33?,34?,35-,36-,37-,38-,39-,40+,41-,42+,43?,44?,45?,46?,47+,48-,49-,50-/m1/s1. The highest BCUT2D eigenvalue weighted by molar-refractivity contribution is 9.09. The van der Waals surface area contributed by atoms with E-state index in [-0.39, 0.29) is 5.33 Å². The van der Waals surface area contributed by atoms with Gasteiger partial charge >= 0.3 is 77.6 Å². The Kier molecular flexibility index (Phi) is 26.6. The summed E-state index contributed by atoms with van der Waals surface area (Å²) in [5.74, 6) is -13.1. The summed E-state index contributed by atoms with van der Waals surface area (Å²) in [6.45, 7) is 10.2. The van der Waals surface area contributed by atoms with Crippen molar-refractivity contribution < 1.29 is 157 Å². The molecule has 20 atom stereocenters. The number of esters is 13. The van der Waals surface area contributed by atoms with Crippen molar-refractivity contribution in [2.24, 2.45) is 0 Å². The van der Waals surface area contributed by atoms with Crippen LogP contribution in [0.3, 0.4) is 0 Å². The van der Waals surface area contributed by atoms with Crippen molar-refractivity contribution >= 4 is 93.5 Å². The monoisotopic (exact) mass is 1270 g/mol. The molecule has 34 heteroatoms. The molecular formula is C50H67BrO33. The molecule has 4 fully saturated rings. The van der Waals surface area contributed by atoms with Gasteiger partial charge in [0.25, 0.3) is 0 Å². The Morgan fingerprint density at radius 2 is 0.452 bits per heavy atom. The summed E-state index contributed by atoms with van der Waals surface area (Å²) < 4.78 is 116. The Bertz CT molecular complexity index is 2410. The highest BCUT2D eigenvalue weighted by Crippen LogP contribution is 2.40. The fourth-order valence-corrected chi connectivity index (χ4v) is 9.61. The summed E-state index contributed by atoms with van der Waals surface area (Å²) in [5, 5.41) is -0.345. The van der Waals surface area contributed by atoms with E-state index in [1.165, 1.54) is 0 Å². The molecule has 0 aromatic carbocycles. The van der Waals surface area contributed by atoms with Gasteiger partial charge in [0, 0.05) is 95.3 Å². The summed E-state index contributed by atoms with van der Waals surface area (Å²) in [5.41, 5.74) is 0. The second-order valence-electron chi connectivity index (χ2n) is 18.8. The minimum atomic E-state index is -2.10. The third kappa shape index (κ3) is 20.5. The van der Waals surface area contributed by atoms with E-state index in [4.69, 9.17) is 94.7 Å². The third-order valence-corrected chi connectivity index (χ3v) is 12.4. The van der Waals surface area contributed by atoms with Crippen molar-refractivity contribution in [3.05, 3.63) is 0 Å². The SMILES string of the molecule is CC(=O)OCC1O[C@H](O[C@@H]2C(COC(C)=O)O[C@H](O[C@@H]3C(CBr)O[C@H](O[C@@H]4C(COC(C)=O)O[C@H](OC(C)=O)C(OC(C)=O)[C@@H]4OC(C)=O)C(OC(C)=O)[C@@H]3OC(C)=O)C(OC(C)=O)[C@H]2OC(C)=O)C(OC(C)=O)[C@@H](OC(C)=O)[C@@H]1OC(C)=O. The van der Waals surface area contributed by atoms with E-state index in [2.05, 4.69) is 15.9 Å². The first-order valence-corrected chi connectivity index (χ1v) is 26.7. The molecule has 0 amide bonds. The van der Waals surface area contributed by atoms with Gasteiger partial charge in [-0.15, -0.1) is 0 Å². The average Bonchev–Trinajstić information content (AvgIpc) is 1.05. The molecule has 33 nitrogen and oxygen atoms in total. The zero-order valence-corrected chi connectivity index (χ0v) is 49.3. The van der Waals surface area contributed by atoms with Gasteiger partial charge in [0.1, 0.15) is 62.5 Å². The first kappa shape index (κ1) is 69.8. The first-order valence-electron chi connectivity index (χ1n) is 25.6. The molecular weight excluding hydrogens is 1210 g/mol. The van der Waals surface area contributed by atoms with Gasteiger partial charge in [0.05, 0.1) is 0 Å². The zero-order valence-electron chi connectivity index (χ0n) is 47.7. The van der Waals surface area contributed by atoms with Crippen LogP contribution in [0.5, 0.6) is 0 Å². The maximum atomic E-state index is 13.2. The maximum Gasteiger partial charge on any atom is 0.305 e. The van der Waals surface area contributed by atoms with Gasteiger partial charge in [0.15, 0.2) is 67.7 Å². The lowest BCUT2D eigenvalue weighted by Gasteiger charge is -2.51. The van der Waals surface area contributed by atoms with E-state index in [0.29, 0.717) is 0 Å². The summed E-state index contributed by atoms with van der Waals surface area (Å²) in [4.78, 5) is 165. The second-order valence-corrected chi connectivity index (χ2v) is 19.5. The minimum absolute atomic E-state index is 0.345. The fourth-order valence-electron chi connectivity index (χ4n) is 9.09. The van der Waals surface area contributed by atoms with Crippen molar-refractivity contribution in [3.8, 4) is 0 Å². The molecule has 472 valence electrons. The lowest BCUT2D eigenvalue weighted by molar-refractivity contribution is -0.385. The predicted molar refractivity (Wildman–Crippen MR) is 265 cm³/mol. The molecule has 0 aromatic heterocycles. The van der Waals surface area contributed by atoms with Crippen molar-refractivity contribution in [2.75, 3.05) is 25.2 Å². The van der Waals surface area contributed by atoms with Crippen LogP contribution in [0.4, 0.5) is 0 Å². The number of halogens is 1. The molecule has 4 heterocycles. The molecule has 0 aliphatic carbocycles. The van der Waals surface area contributed by atoms with Gasteiger partial charge in [-0.3, -0.25) is 62.3 Å². The van der Waals surface area contributed by atoms with Gasteiger partial charge in [-0.25, -0.2) is 0 Å². The molecule has 0 spiro atoms. The normalized spacial score (nSPS) is 32.7. The Hall–Kier alpha value is -6.69. The number of carbonyl (C=O) groups is 13. The van der Waals surface area contributed by atoms with Crippen LogP contribution >= 0.6 is 15.9 Å². The van der Waals surface area contributed by atoms with Crippen LogP contribution in [-0.4, -0.2) is 226 Å². The molecule has 4 saturated heterocycles. The third-order valence-electron chi connectivity index (χ3n) is 11.7. The maximum absolute atomic E-state index is 13.2. The van der Waals surface area contributed by atoms with E-state index in [0.717, 1.165) is 90.0 Å². The van der Waals surface area contributed by atoms with Gasteiger partial charge in [-0.2, -0.15) is 0 Å². The van der Waals surface area contributed by atoms with Crippen LogP contribution in [0.2, 0.25) is 0 Å². The van der Waals surface area contributed by atoms with E-state index >= 15 is 0 Å². The predicted octanol–water partition coefficient (Wildman–Crippen LogP) is -0.926. The highest BCUT2D eigenvalue weighted by Gasteiger charge is 2.61. The Balaban J connectivity index is 1.93. The number of ether oxygens (including phenoxy) is 20. The van der Waals surface area contributed by atoms with Crippen LogP contribution in [-0.2, 0) is 157 Å². The molecule has 0 aromatic rings. The van der Waals surface area contributed by atoms with Crippen LogP contribution in [0.25, 0.3) is 0 Å². The first-order chi connectivity index (χ1) is 39.3. The van der Waals surface area contributed by atoms with Crippen molar-refractivity contribution in [1.29, 1.82) is 0 Å². The summed E-state index contributed by atoms with van der Waals surface area (Å²) >= 11 is 3.32. The van der Waals surface area contributed by atoms with E-state index in [1.807, 2.05) is 0 Å². The van der Waals surface area contributed by atoms with Crippen molar-refractivity contribution in [2.45, 2.75) is 213 Å². The Morgan fingerprint density at radius 3 is 0.714 bits per heavy atom. The van der Waals surface area contributed by atoms with Gasteiger partial charge in [0.2, 0.25) is 12.4 Å². The smallest absolute Gasteiger partial charge is 0.305 e. The lowest BCUT2D eigenvalue weighted by Crippen LogP contribution is -2.69. The number of hydrogen-bond acceptors (Lipinski definition) is 33. The van der Waals surface area contributed by atoms with Gasteiger partial charge in [-0.1, -0.05) is 15.9 Å². The van der Waals surface area contributed by atoms with Gasteiger partial charge < -0.3 is 94.7 Å². The Morgan fingerprint density at radius 1 is 0.250 bits per heavy atom. The number of rotatable bonds is 23. The summed E-state index contributed by atoms with van der Waals surface area (Å²) in [6.07, 6.45) is -37.1. The van der Waals surface area contributed by atoms with E-state index < -0.39 is 220 Å². The molecule has 0 bridgehead atoms. The van der Waals surface area contributed by atoms with Crippen molar-refractivity contribution in [1.82, 2.24) is 0 Å². The molecule has 4 aliphatic rings. The lowest BCUT2D eigenvalue weighted by atomic mass is 9.95. The number of carbonyl (C=O) groups excluding carboxylic acids is 13. The van der Waals surface area contributed by atoms with Gasteiger partial charge in [-0.05, 0) is 0 Å². The molecule has 0 radical (unpaired) electrons. The average molecular weight is 1280 g/mol. The highest BCUT2D eigenvalue weighted by atomic mass is 79.9. The zero-order chi connectivity index (χ0) is 63.0. The number of hydrogen-bond donors (Lipinski definition) is 0. The Labute approximate surface area is 487 Å². The second kappa shape index (κ2) is 32.0. The molecule has 84 heavy (non-hydrogen) atoms. The molecule has 4 rings (SSSR count). The topological polar surface area (TPSA) is 407 Å². The number of alkyl halides is 1. The summed E-state index contributed by atoms with van der Waals surface area (Å²) in [6, 6.07) is 0. The summed E-state index contributed by atoms with van der Waals surface area (Å²) in [7, 11) is 0. The van der Waals surface area contributed by atoms with E-state index in [9.17, 15) is 62.3 Å². The van der Waals surface area contributed by atoms with Crippen molar-refractivity contribution in [3.63, 3.8) is 0 Å². The van der Waals surface area contributed by atoms with Crippen LogP contribution in [0, 0.1) is 0 Å².